The molecule has 0 unspecified atom stereocenters. The van der Waals surface area contributed by atoms with E-state index in [0.29, 0.717) is 17.1 Å². The van der Waals surface area contributed by atoms with Gasteiger partial charge in [-0.1, -0.05) is 11.3 Å². The zero-order valence-corrected chi connectivity index (χ0v) is 20.5. The number of rotatable bonds is 6. The van der Waals surface area contributed by atoms with Gasteiger partial charge in [-0.15, -0.1) is 5.10 Å². The van der Waals surface area contributed by atoms with Crippen molar-refractivity contribution in [2.45, 2.75) is 57.5 Å². The molecule has 0 spiro atoms. The van der Waals surface area contributed by atoms with Gasteiger partial charge in [-0.3, -0.25) is 14.7 Å². The van der Waals surface area contributed by atoms with Gasteiger partial charge >= 0.3 is 0 Å². The minimum atomic E-state index is -1.46. The van der Waals surface area contributed by atoms with Crippen molar-refractivity contribution < 1.29 is 9.50 Å². The number of nitrogens with zero attached hydrogens (tertiary/aromatic N) is 6. The van der Waals surface area contributed by atoms with Crippen LogP contribution in [0.15, 0.2) is 41.3 Å². The van der Waals surface area contributed by atoms with Crippen LogP contribution in [0.25, 0.3) is 22.1 Å². The fourth-order valence-electron chi connectivity index (χ4n) is 5.71. The first-order valence-corrected chi connectivity index (χ1v) is 12.5. The van der Waals surface area contributed by atoms with E-state index in [9.17, 15) is 14.3 Å². The standard InChI is InChI=1S/C26H30FN7O2/c1-16(2)34-22-5-3-17(11-21(22)30-31-34)12-28-18-7-9-32(10-8-18)14-26(36)15-33-23(35)6-4-20-25(33)24(26)19(27)13-29-20/h3-6,11,13,16,18,28,36H,7-10,12,14-15H2,1-2H3/t26-/m0/s1. The number of piperidine rings is 1. The van der Waals surface area contributed by atoms with Gasteiger partial charge in [0, 0.05) is 31.2 Å². The summed E-state index contributed by atoms with van der Waals surface area (Å²) in [5.41, 5.74) is 2.53. The molecule has 4 aromatic rings. The summed E-state index contributed by atoms with van der Waals surface area (Å²) < 4.78 is 18.2. The fourth-order valence-corrected chi connectivity index (χ4v) is 5.71. The smallest absolute Gasteiger partial charge is 0.251 e. The van der Waals surface area contributed by atoms with Crippen LogP contribution in [0, 0.1) is 5.82 Å². The molecule has 0 aliphatic carbocycles. The molecule has 1 aromatic carbocycles. The highest BCUT2D eigenvalue weighted by molar-refractivity contribution is 5.81. The van der Waals surface area contributed by atoms with Crippen LogP contribution in [0.1, 0.15) is 43.9 Å². The Hall–Kier alpha value is -3.21. The molecule has 1 fully saturated rings. The topological polar surface area (TPSA) is 101 Å². The van der Waals surface area contributed by atoms with Crippen molar-refractivity contribution in [3.63, 3.8) is 0 Å². The normalized spacial score (nSPS) is 20.8. The lowest BCUT2D eigenvalue weighted by molar-refractivity contribution is -0.0159. The number of halogens is 1. The largest absolute Gasteiger partial charge is 0.382 e. The summed E-state index contributed by atoms with van der Waals surface area (Å²) in [6, 6.07) is 9.91. The second kappa shape index (κ2) is 8.72. The lowest BCUT2D eigenvalue weighted by Gasteiger charge is -2.37. The third kappa shape index (κ3) is 3.89. The second-order valence-corrected chi connectivity index (χ2v) is 10.4. The highest BCUT2D eigenvalue weighted by Crippen LogP contribution is 2.38. The Morgan fingerprint density at radius 1 is 1.19 bits per heavy atom. The van der Waals surface area contributed by atoms with Crippen LogP contribution in [0.2, 0.25) is 0 Å². The van der Waals surface area contributed by atoms with Gasteiger partial charge in [-0.25, -0.2) is 9.07 Å². The van der Waals surface area contributed by atoms with E-state index in [1.807, 2.05) is 4.68 Å². The third-order valence-electron chi connectivity index (χ3n) is 7.53. The molecule has 1 saturated heterocycles. The summed E-state index contributed by atoms with van der Waals surface area (Å²) in [6.45, 7) is 6.81. The summed E-state index contributed by atoms with van der Waals surface area (Å²) in [7, 11) is 0. The molecule has 10 heteroatoms. The van der Waals surface area contributed by atoms with Crippen LogP contribution in [0.3, 0.4) is 0 Å². The molecule has 1 atom stereocenters. The Morgan fingerprint density at radius 3 is 2.78 bits per heavy atom. The number of fused-ring (bicyclic) bond motifs is 1. The summed E-state index contributed by atoms with van der Waals surface area (Å²) in [5.74, 6) is -0.566. The molecule has 2 N–H and O–H groups in total. The highest BCUT2D eigenvalue weighted by Gasteiger charge is 2.43. The quantitative estimate of drug-likeness (QED) is 0.427. The Kier molecular flexibility index (Phi) is 5.62. The lowest BCUT2D eigenvalue weighted by Crippen LogP contribution is -2.48. The van der Waals surface area contributed by atoms with Gasteiger partial charge in [0.2, 0.25) is 0 Å². The molecule has 2 aliphatic rings. The Labute approximate surface area is 207 Å². The third-order valence-corrected chi connectivity index (χ3v) is 7.53. The van der Waals surface area contributed by atoms with Gasteiger partial charge in [0.1, 0.15) is 16.9 Å². The summed E-state index contributed by atoms with van der Waals surface area (Å²) in [5, 5.41) is 23.7. The Bertz CT molecular complexity index is 1510. The first-order valence-electron chi connectivity index (χ1n) is 12.5. The molecule has 6 rings (SSSR count). The molecular formula is C26H30FN7O2. The van der Waals surface area contributed by atoms with Crippen LogP contribution in [0.5, 0.6) is 0 Å². The maximum atomic E-state index is 14.8. The van der Waals surface area contributed by atoms with Gasteiger partial charge in [0.15, 0.2) is 0 Å². The van der Waals surface area contributed by atoms with Crippen molar-refractivity contribution in [1.29, 1.82) is 0 Å². The minimum absolute atomic E-state index is 0.0448. The molecule has 0 bridgehead atoms. The molecule has 0 radical (unpaired) electrons. The number of hydrogen-bond acceptors (Lipinski definition) is 7. The van der Waals surface area contributed by atoms with E-state index >= 15 is 0 Å². The van der Waals surface area contributed by atoms with Crippen LogP contribution in [0.4, 0.5) is 4.39 Å². The van der Waals surface area contributed by atoms with Crippen LogP contribution < -0.4 is 10.9 Å². The molecular weight excluding hydrogens is 461 g/mol. The molecule has 9 nitrogen and oxygen atoms in total. The number of benzene rings is 1. The predicted molar refractivity (Wildman–Crippen MR) is 134 cm³/mol. The van der Waals surface area contributed by atoms with Gasteiger partial charge in [-0.2, -0.15) is 0 Å². The molecule has 0 amide bonds. The van der Waals surface area contributed by atoms with Gasteiger partial charge in [0.05, 0.1) is 34.9 Å². The second-order valence-electron chi connectivity index (χ2n) is 10.4. The van der Waals surface area contributed by atoms with E-state index in [-0.39, 0.29) is 30.3 Å². The molecule has 0 saturated carbocycles. The van der Waals surface area contributed by atoms with Crippen LogP contribution in [-0.2, 0) is 18.7 Å². The zero-order chi connectivity index (χ0) is 25.0. The highest BCUT2D eigenvalue weighted by atomic mass is 19.1. The minimum Gasteiger partial charge on any atom is -0.382 e. The summed E-state index contributed by atoms with van der Waals surface area (Å²) in [6.07, 6.45) is 2.98. The summed E-state index contributed by atoms with van der Waals surface area (Å²) >= 11 is 0. The van der Waals surface area contributed by atoms with Crippen molar-refractivity contribution in [3.05, 3.63) is 63.8 Å². The number of likely N-dealkylation sites (tertiary alicyclic amines) is 1. The number of hydrogen-bond donors (Lipinski definition) is 2. The molecule has 3 aromatic heterocycles. The van der Waals surface area contributed by atoms with Crippen molar-refractivity contribution in [3.8, 4) is 0 Å². The Balaban J connectivity index is 1.09. The first-order chi connectivity index (χ1) is 17.3. The number of pyridine rings is 2. The van der Waals surface area contributed by atoms with Crippen molar-refractivity contribution in [2.75, 3.05) is 19.6 Å². The van der Waals surface area contributed by atoms with Crippen molar-refractivity contribution in [2.24, 2.45) is 0 Å². The van der Waals surface area contributed by atoms with E-state index in [1.165, 1.54) is 16.2 Å². The van der Waals surface area contributed by atoms with Gasteiger partial charge < -0.3 is 15.0 Å². The maximum absolute atomic E-state index is 14.8. The van der Waals surface area contributed by atoms with E-state index < -0.39 is 11.4 Å². The average Bonchev–Trinajstić information content (AvgIpc) is 3.42. The predicted octanol–water partition coefficient (Wildman–Crippen LogP) is 2.32. The maximum Gasteiger partial charge on any atom is 0.251 e. The number of nitrogens with one attached hydrogen (secondary N) is 1. The molecule has 188 valence electrons. The fraction of sp³-hybridized carbons (Fsp3) is 0.462. The lowest BCUT2D eigenvalue weighted by atomic mass is 9.93. The van der Waals surface area contributed by atoms with E-state index in [4.69, 9.17) is 0 Å². The van der Waals surface area contributed by atoms with Crippen LogP contribution in [-0.4, -0.2) is 60.2 Å². The Morgan fingerprint density at radius 2 is 2.00 bits per heavy atom. The number of aliphatic hydroxyl groups is 1. The summed E-state index contributed by atoms with van der Waals surface area (Å²) in [4.78, 5) is 18.7. The molecule has 36 heavy (non-hydrogen) atoms. The monoisotopic (exact) mass is 491 g/mol. The average molecular weight is 492 g/mol. The van der Waals surface area contributed by atoms with Gasteiger partial charge in [0.25, 0.3) is 5.56 Å². The van der Waals surface area contributed by atoms with Crippen LogP contribution >= 0.6 is 0 Å². The molecule has 2 aliphatic heterocycles. The number of aromatic nitrogens is 5. The molecule has 5 heterocycles. The van der Waals surface area contributed by atoms with Crippen molar-refractivity contribution >= 4 is 22.1 Å². The van der Waals surface area contributed by atoms with Crippen molar-refractivity contribution in [1.82, 2.24) is 34.8 Å². The van der Waals surface area contributed by atoms with E-state index in [2.05, 4.69) is 57.6 Å². The first kappa shape index (κ1) is 23.2. The zero-order valence-electron chi connectivity index (χ0n) is 20.5. The van der Waals surface area contributed by atoms with Gasteiger partial charge in [-0.05, 0) is 63.5 Å². The van der Waals surface area contributed by atoms with E-state index in [0.717, 1.165) is 49.7 Å². The number of β-amino-alcohol motifs (C(OH)–C–C–N with tert-alkyl or cyclic N) is 1. The SMILES string of the molecule is CC(C)n1nnc2cc(CNC3CCN(C[C@]4(O)Cn5c(=O)ccc6ncc(F)c4c65)CC3)ccc21. The van der Waals surface area contributed by atoms with E-state index in [1.54, 1.807) is 6.07 Å².